The number of amides is 2. The van der Waals surface area contributed by atoms with Crippen molar-refractivity contribution in [3.05, 3.63) is 70.2 Å². The molecule has 2 rings (SSSR count). The summed E-state index contributed by atoms with van der Waals surface area (Å²) in [6.07, 6.45) is 3.43. The molecular weight excluding hydrogens is 408 g/mol. The quantitative estimate of drug-likeness (QED) is 0.495. The van der Waals surface area contributed by atoms with Gasteiger partial charge in [-0.05, 0) is 61.4 Å². The van der Waals surface area contributed by atoms with Crippen LogP contribution in [-0.4, -0.2) is 28.8 Å². The first kappa shape index (κ1) is 24.9. The molecule has 31 heavy (non-hydrogen) atoms. The third-order valence-corrected chi connectivity index (χ3v) is 5.96. The predicted octanol–water partition coefficient (Wildman–Crippen LogP) is 5.56. The van der Waals surface area contributed by atoms with E-state index in [1.807, 2.05) is 45.0 Å². The molecular formula is C26H35ClN2O2. The molecule has 5 heteroatoms. The minimum atomic E-state index is -0.500. The molecule has 0 heterocycles. The second-order valence-electron chi connectivity index (χ2n) is 8.06. The summed E-state index contributed by atoms with van der Waals surface area (Å²) in [6.45, 7) is 8.48. The van der Waals surface area contributed by atoms with Crippen molar-refractivity contribution in [3.8, 4) is 0 Å². The van der Waals surface area contributed by atoms with Gasteiger partial charge in [0.25, 0.3) is 0 Å². The van der Waals surface area contributed by atoms with Gasteiger partial charge >= 0.3 is 0 Å². The Balaban J connectivity index is 2.18. The first-order valence-corrected chi connectivity index (χ1v) is 11.7. The number of nitrogens with zero attached hydrogens (tertiary/aromatic N) is 1. The molecule has 0 aromatic heterocycles. The molecule has 2 amide bonds. The summed E-state index contributed by atoms with van der Waals surface area (Å²) < 4.78 is 0. The number of benzene rings is 2. The minimum Gasteiger partial charge on any atom is -0.352 e. The molecule has 2 aromatic rings. The maximum absolute atomic E-state index is 13.3. The van der Waals surface area contributed by atoms with E-state index in [1.54, 1.807) is 4.90 Å². The van der Waals surface area contributed by atoms with Crippen molar-refractivity contribution in [1.29, 1.82) is 0 Å². The highest BCUT2D eigenvalue weighted by atomic mass is 35.5. The smallest absolute Gasteiger partial charge is 0.243 e. The number of hydrogen-bond donors (Lipinski definition) is 1. The summed E-state index contributed by atoms with van der Waals surface area (Å²) in [4.78, 5) is 28.0. The van der Waals surface area contributed by atoms with Crippen molar-refractivity contribution in [1.82, 2.24) is 10.2 Å². The molecule has 0 radical (unpaired) electrons. The Kier molecular flexibility index (Phi) is 10.1. The highest BCUT2D eigenvalue weighted by molar-refractivity contribution is 6.30. The van der Waals surface area contributed by atoms with Crippen LogP contribution in [0.1, 0.15) is 63.6 Å². The summed E-state index contributed by atoms with van der Waals surface area (Å²) in [5, 5.41) is 3.69. The van der Waals surface area contributed by atoms with Gasteiger partial charge in [-0.2, -0.15) is 0 Å². The highest BCUT2D eigenvalue weighted by Gasteiger charge is 2.29. The normalized spacial score (nSPS) is 12.8. The van der Waals surface area contributed by atoms with E-state index < -0.39 is 6.04 Å². The fourth-order valence-corrected chi connectivity index (χ4v) is 3.61. The molecule has 0 spiro atoms. The summed E-state index contributed by atoms with van der Waals surface area (Å²) >= 11 is 6.02. The average Bonchev–Trinajstić information content (AvgIpc) is 2.78. The van der Waals surface area contributed by atoms with Crippen molar-refractivity contribution < 1.29 is 9.59 Å². The lowest BCUT2D eigenvalue weighted by Gasteiger charge is -2.31. The van der Waals surface area contributed by atoms with Crippen LogP contribution in [0.25, 0.3) is 0 Å². The predicted molar refractivity (Wildman–Crippen MR) is 128 cm³/mol. The van der Waals surface area contributed by atoms with E-state index in [1.165, 1.54) is 5.56 Å². The van der Waals surface area contributed by atoms with Crippen LogP contribution < -0.4 is 5.32 Å². The van der Waals surface area contributed by atoms with Gasteiger partial charge in [0.2, 0.25) is 11.8 Å². The van der Waals surface area contributed by atoms with Crippen molar-refractivity contribution in [2.45, 2.75) is 78.4 Å². The van der Waals surface area contributed by atoms with Gasteiger partial charge in [-0.15, -0.1) is 0 Å². The van der Waals surface area contributed by atoms with Gasteiger partial charge in [0.1, 0.15) is 6.04 Å². The van der Waals surface area contributed by atoms with E-state index in [9.17, 15) is 9.59 Å². The lowest BCUT2D eigenvalue weighted by atomic mass is 10.0. The van der Waals surface area contributed by atoms with Gasteiger partial charge in [0.15, 0.2) is 0 Å². The Hall–Kier alpha value is -2.33. The minimum absolute atomic E-state index is 0.0133. The first-order valence-electron chi connectivity index (χ1n) is 11.3. The van der Waals surface area contributed by atoms with Crippen LogP contribution in [0.5, 0.6) is 0 Å². The standard InChI is InChI=1S/C26H35ClN2O2/c1-5-19(4)28-26(31)24(7-3)29(18-22-12-15-23(27)16-13-22)25(30)17-14-21-10-8-20(6-2)9-11-21/h8-13,15-16,19,24H,5-7,14,17-18H2,1-4H3,(H,28,31)/t19-,24+/m1/s1. The van der Waals surface area contributed by atoms with Crippen molar-refractivity contribution in [2.75, 3.05) is 0 Å². The van der Waals surface area contributed by atoms with Gasteiger partial charge < -0.3 is 10.2 Å². The highest BCUT2D eigenvalue weighted by Crippen LogP contribution is 2.17. The van der Waals surface area contributed by atoms with Gasteiger partial charge in [-0.25, -0.2) is 0 Å². The van der Waals surface area contributed by atoms with Crippen LogP contribution in [-0.2, 0) is 29.0 Å². The maximum Gasteiger partial charge on any atom is 0.243 e. The van der Waals surface area contributed by atoms with Crippen LogP contribution >= 0.6 is 11.6 Å². The van der Waals surface area contributed by atoms with E-state index in [-0.39, 0.29) is 17.9 Å². The third-order valence-electron chi connectivity index (χ3n) is 5.71. The summed E-state index contributed by atoms with van der Waals surface area (Å²) in [5.41, 5.74) is 3.38. The zero-order valence-electron chi connectivity index (χ0n) is 19.2. The van der Waals surface area contributed by atoms with Gasteiger partial charge in [-0.1, -0.05) is 68.8 Å². The topological polar surface area (TPSA) is 49.4 Å². The van der Waals surface area contributed by atoms with Crippen molar-refractivity contribution >= 4 is 23.4 Å². The molecule has 168 valence electrons. The number of hydrogen-bond acceptors (Lipinski definition) is 2. The van der Waals surface area contributed by atoms with Crippen LogP contribution in [0.15, 0.2) is 48.5 Å². The molecule has 0 bridgehead atoms. The lowest BCUT2D eigenvalue weighted by Crippen LogP contribution is -2.50. The molecule has 0 fully saturated rings. The summed E-state index contributed by atoms with van der Waals surface area (Å²) in [6, 6.07) is 15.4. The molecule has 0 saturated heterocycles. The number of aryl methyl sites for hydroxylation is 2. The zero-order chi connectivity index (χ0) is 22.8. The first-order chi connectivity index (χ1) is 14.9. The molecule has 0 aliphatic heterocycles. The number of halogens is 1. The molecule has 0 unspecified atom stereocenters. The molecule has 2 aromatic carbocycles. The molecule has 0 aliphatic carbocycles. The fraction of sp³-hybridized carbons (Fsp3) is 0.462. The number of carbonyl (C=O) groups is 2. The Morgan fingerprint density at radius 3 is 2.03 bits per heavy atom. The fourth-order valence-electron chi connectivity index (χ4n) is 3.48. The van der Waals surface area contributed by atoms with Gasteiger partial charge in [0, 0.05) is 24.0 Å². The number of rotatable bonds is 11. The van der Waals surface area contributed by atoms with E-state index in [0.717, 1.165) is 24.0 Å². The maximum atomic E-state index is 13.3. The van der Waals surface area contributed by atoms with Crippen LogP contribution in [0.4, 0.5) is 0 Å². The SMILES string of the molecule is CCc1ccc(CCC(=O)N(Cc2ccc(Cl)cc2)[C@@H](CC)C(=O)N[C@H](C)CC)cc1. The van der Waals surface area contributed by atoms with E-state index in [2.05, 4.69) is 36.5 Å². The largest absolute Gasteiger partial charge is 0.352 e. The second kappa shape index (κ2) is 12.5. The summed E-state index contributed by atoms with van der Waals surface area (Å²) in [7, 11) is 0. The number of carbonyl (C=O) groups excluding carboxylic acids is 2. The Labute approximate surface area is 192 Å². The van der Waals surface area contributed by atoms with Crippen LogP contribution in [0.3, 0.4) is 0 Å². The second-order valence-corrected chi connectivity index (χ2v) is 8.50. The lowest BCUT2D eigenvalue weighted by molar-refractivity contribution is -0.141. The van der Waals surface area contributed by atoms with E-state index in [0.29, 0.717) is 30.8 Å². The van der Waals surface area contributed by atoms with Gasteiger partial charge in [0.05, 0.1) is 0 Å². The Morgan fingerprint density at radius 2 is 1.48 bits per heavy atom. The molecule has 0 aliphatic rings. The van der Waals surface area contributed by atoms with Crippen LogP contribution in [0.2, 0.25) is 5.02 Å². The third kappa shape index (κ3) is 7.70. The monoisotopic (exact) mass is 442 g/mol. The van der Waals surface area contributed by atoms with E-state index >= 15 is 0 Å². The molecule has 2 atom stereocenters. The van der Waals surface area contributed by atoms with Crippen LogP contribution in [0, 0.1) is 0 Å². The zero-order valence-corrected chi connectivity index (χ0v) is 19.9. The van der Waals surface area contributed by atoms with E-state index in [4.69, 9.17) is 11.6 Å². The Morgan fingerprint density at radius 1 is 0.903 bits per heavy atom. The summed E-state index contributed by atoms with van der Waals surface area (Å²) in [5.74, 6) is -0.105. The Bertz CT molecular complexity index is 833. The van der Waals surface area contributed by atoms with Gasteiger partial charge in [-0.3, -0.25) is 9.59 Å². The molecule has 1 N–H and O–H groups in total. The molecule has 4 nitrogen and oxygen atoms in total. The average molecular weight is 443 g/mol. The molecule has 0 saturated carbocycles. The number of nitrogens with one attached hydrogen (secondary N) is 1. The van der Waals surface area contributed by atoms with Crippen molar-refractivity contribution in [2.24, 2.45) is 0 Å². The van der Waals surface area contributed by atoms with Crippen molar-refractivity contribution in [3.63, 3.8) is 0 Å².